The van der Waals surface area contributed by atoms with Gasteiger partial charge >= 0.3 is 5.97 Å². The van der Waals surface area contributed by atoms with Crippen LogP contribution in [0.25, 0.3) is 0 Å². The van der Waals surface area contributed by atoms with Gasteiger partial charge in [-0.1, -0.05) is 96.1 Å². The maximum absolute atomic E-state index is 11.3. The number of quaternary nitrogens is 1. The number of aliphatic carboxylic acids is 1. The summed E-state index contributed by atoms with van der Waals surface area (Å²) in [6.07, 6.45) is 27.1. The number of nitrogens with two attached hydrogens (primary N) is 1. The molecule has 1 aliphatic rings. The zero-order valence-corrected chi connectivity index (χ0v) is 19.5. The van der Waals surface area contributed by atoms with Gasteiger partial charge in [0.25, 0.3) is 0 Å². The number of carboxylic acids is 1. The minimum absolute atomic E-state index is 0.0559. The lowest BCUT2D eigenvalue weighted by Gasteiger charge is -2.34. The highest BCUT2D eigenvalue weighted by molar-refractivity contribution is 5.82. The normalized spacial score (nSPS) is 19.5. The van der Waals surface area contributed by atoms with Crippen LogP contribution in [0.3, 0.4) is 0 Å². The second-order valence-electron chi connectivity index (χ2n) is 8.77. The lowest BCUT2D eigenvalue weighted by atomic mass is 10.0. The van der Waals surface area contributed by atoms with Gasteiger partial charge in [0.15, 0.2) is 6.54 Å². The van der Waals surface area contributed by atoms with Crippen LogP contribution in [-0.2, 0) is 4.79 Å². The summed E-state index contributed by atoms with van der Waals surface area (Å²) in [7, 11) is 0. The molecule has 2 unspecified atom stereocenters. The fourth-order valence-corrected chi connectivity index (χ4v) is 4.12. The van der Waals surface area contributed by atoms with Crippen molar-refractivity contribution in [2.75, 3.05) is 6.54 Å². The Balaban J connectivity index is 2.04. The molecule has 0 amide bonds. The second kappa shape index (κ2) is 16.3. The van der Waals surface area contributed by atoms with Gasteiger partial charge in [0.1, 0.15) is 12.4 Å². The molecule has 0 saturated heterocycles. The van der Waals surface area contributed by atoms with E-state index in [4.69, 9.17) is 5.73 Å². The van der Waals surface area contributed by atoms with Crippen LogP contribution in [0.5, 0.6) is 0 Å². The first-order valence-electron chi connectivity index (χ1n) is 12.3. The number of allylic oxidation sites excluding steroid dienone is 1. The summed E-state index contributed by atoms with van der Waals surface area (Å²) < 4.78 is 0.123. The summed E-state index contributed by atoms with van der Waals surface area (Å²) in [5, 5.41) is 9.24. The smallest absolute Gasteiger partial charge is 0.360 e. The Morgan fingerprint density at radius 1 is 1.00 bits per heavy atom. The highest BCUT2D eigenvalue weighted by Gasteiger charge is 2.40. The topological polar surface area (TPSA) is 75.7 Å². The van der Waals surface area contributed by atoms with Gasteiger partial charge in [0, 0.05) is 6.92 Å². The summed E-state index contributed by atoms with van der Waals surface area (Å²) in [5.74, 6) is -0.0449. The van der Waals surface area contributed by atoms with Gasteiger partial charge in [-0.15, -0.1) is 0 Å². The number of hydrogen-bond acceptors (Lipinski definition) is 3. The van der Waals surface area contributed by atoms with Crippen LogP contribution in [0.15, 0.2) is 29.5 Å². The van der Waals surface area contributed by atoms with Crippen molar-refractivity contribution in [3.05, 3.63) is 24.6 Å². The third-order valence-corrected chi connectivity index (χ3v) is 6.10. The Morgan fingerprint density at radius 3 is 2.03 bits per heavy atom. The first kappa shape index (κ1) is 26.6. The Bertz CT molecular complexity index is 555. The van der Waals surface area contributed by atoms with Crippen molar-refractivity contribution in [2.45, 2.75) is 116 Å². The predicted octanol–water partition coefficient (Wildman–Crippen LogP) is 6.50. The van der Waals surface area contributed by atoms with Gasteiger partial charge in [-0.2, -0.15) is 0 Å². The molecular weight excluding hydrogens is 374 g/mol. The first-order chi connectivity index (χ1) is 14.5. The lowest BCUT2D eigenvalue weighted by molar-refractivity contribution is -0.805. The van der Waals surface area contributed by atoms with E-state index in [0.29, 0.717) is 6.42 Å². The van der Waals surface area contributed by atoms with Crippen molar-refractivity contribution in [1.82, 2.24) is 0 Å². The highest BCUT2D eigenvalue weighted by atomic mass is 16.4. The molecular formula is C25H46N3O2+. The number of nitrogens with zero attached hydrogens (tertiary/aromatic N) is 2. The molecule has 0 fully saturated rings. The molecule has 30 heavy (non-hydrogen) atoms. The third-order valence-electron chi connectivity index (χ3n) is 6.10. The van der Waals surface area contributed by atoms with Crippen LogP contribution in [0.4, 0.5) is 0 Å². The molecule has 2 atom stereocenters. The molecule has 3 N–H and O–H groups in total. The van der Waals surface area contributed by atoms with Crippen molar-refractivity contribution in [1.29, 1.82) is 0 Å². The Morgan fingerprint density at radius 2 is 1.53 bits per heavy atom. The van der Waals surface area contributed by atoms with Gasteiger partial charge in [-0.3, -0.25) is 5.73 Å². The highest BCUT2D eigenvalue weighted by Crippen LogP contribution is 2.22. The summed E-state index contributed by atoms with van der Waals surface area (Å²) in [6, 6.07) is 0. The van der Waals surface area contributed by atoms with Crippen LogP contribution in [0, 0.1) is 0 Å². The van der Waals surface area contributed by atoms with E-state index < -0.39 is 5.97 Å². The molecule has 0 aliphatic carbocycles. The molecule has 1 aliphatic heterocycles. The molecule has 172 valence electrons. The summed E-state index contributed by atoms with van der Waals surface area (Å²) >= 11 is 0. The molecule has 0 aromatic heterocycles. The van der Waals surface area contributed by atoms with Crippen molar-refractivity contribution in [2.24, 2.45) is 10.7 Å². The predicted molar refractivity (Wildman–Crippen MR) is 127 cm³/mol. The van der Waals surface area contributed by atoms with E-state index in [2.05, 4.69) is 24.1 Å². The van der Waals surface area contributed by atoms with E-state index in [0.717, 1.165) is 12.3 Å². The molecule has 0 aromatic rings. The van der Waals surface area contributed by atoms with Crippen LogP contribution in [-0.4, -0.2) is 34.1 Å². The van der Waals surface area contributed by atoms with Crippen LogP contribution in [0.1, 0.15) is 110 Å². The number of hydrogen-bond donors (Lipinski definition) is 2. The van der Waals surface area contributed by atoms with Gasteiger partial charge in [0.2, 0.25) is 5.84 Å². The van der Waals surface area contributed by atoms with Gasteiger partial charge in [0.05, 0.1) is 12.6 Å². The van der Waals surface area contributed by atoms with Gasteiger partial charge in [-0.05, 0) is 12.8 Å². The summed E-state index contributed by atoms with van der Waals surface area (Å²) in [6.45, 7) is 4.06. The maximum Gasteiger partial charge on any atom is 0.360 e. The maximum atomic E-state index is 11.3. The van der Waals surface area contributed by atoms with Gasteiger partial charge < -0.3 is 5.11 Å². The Labute approximate surface area is 184 Å². The van der Waals surface area contributed by atoms with Crippen LogP contribution in [0.2, 0.25) is 0 Å². The number of carbonyl (C=O) groups is 1. The van der Waals surface area contributed by atoms with E-state index >= 15 is 0 Å². The zero-order valence-electron chi connectivity index (χ0n) is 19.5. The number of unbranched alkanes of at least 4 members (excludes halogenated alkanes) is 13. The third kappa shape index (κ3) is 10.5. The summed E-state index contributed by atoms with van der Waals surface area (Å²) in [5.41, 5.74) is 6.09. The molecule has 1 rings (SSSR count). The van der Waals surface area contributed by atoms with Crippen molar-refractivity contribution in [3.8, 4) is 0 Å². The van der Waals surface area contributed by atoms with Crippen molar-refractivity contribution < 1.29 is 14.4 Å². The van der Waals surface area contributed by atoms with E-state index in [1.807, 2.05) is 6.92 Å². The number of amidine groups is 1. The van der Waals surface area contributed by atoms with E-state index in [1.165, 1.54) is 83.5 Å². The van der Waals surface area contributed by atoms with E-state index in [-0.39, 0.29) is 17.2 Å². The van der Waals surface area contributed by atoms with E-state index in [1.54, 1.807) is 12.4 Å². The van der Waals surface area contributed by atoms with Crippen LogP contribution >= 0.6 is 0 Å². The molecule has 5 nitrogen and oxygen atoms in total. The molecule has 0 saturated carbocycles. The largest absolute Gasteiger partial charge is 0.477 e. The standard InChI is InChI=1S/C25H45N3O2/c1-3-4-5-6-7-8-9-10-11-12-13-14-15-16-17-18-19-24-27-20-21-28(24,23(2)26)22-25(29)30/h17-18,20-21,23H,3-16,19,22,26H2,1-2H3/p+1/b18-17+. The fraction of sp³-hybridized carbons (Fsp3) is 0.760. The molecule has 1 heterocycles. The van der Waals surface area contributed by atoms with Gasteiger partial charge in [-0.25, -0.2) is 14.3 Å². The first-order valence-corrected chi connectivity index (χ1v) is 12.3. The lowest BCUT2D eigenvalue weighted by Crippen LogP contribution is -2.58. The molecule has 0 bridgehead atoms. The molecule has 0 spiro atoms. The number of aliphatic imine (C=N–C) groups is 1. The fourth-order valence-electron chi connectivity index (χ4n) is 4.12. The SMILES string of the molecule is CCCCCCCCCCCCCCC/C=C/CC1=NC=C[N+]1(CC(=O)O)C(C)N. The Hall–Kier alpha value is -1.46. The number of rotatable bonds is 19. The minimum atomic E-state index is -0.859. The quantitative estimate of drug-likeness (QED) is 0.142. The molecule has 0 radical (unpaired) electrons. The van der Waals surface area contributed by atoms with Crippen molar-refractivity contribution in [3.63, 3.8) is 0 Å². The second-order valence-corrected chi connectivity index (χ2v) is 8.77. The monoisotopic (exact) mass is 420 g/mol. The van der Waals surface area contributed by atoms with E-state index in [9.17, 15) is 9.90 Å². The summed E-state index contributed by atoms with van der Waals surface area (Å²) in [4.78, 5) is 15.6. The Kier molecular flexibility index (Phi) is 14.4. The average molecular weight is 421 g/mol. The minimum Gasteiger partial charge on any atom is -0.477 e. The zero-order chi connectivity index (χ0) is 22.1. The van der Waals surface area contributed by atoms with Crippen LogP contribution < -0.4 is 5.73 Å². The molecule has 5 heteroatoms. The number of carboxylic acid groups (broad SMARTS) is 1. The molecule has 0 aromatic carbocycles. The van der Waals surface area contributed by atoms with Crippen molar-refractivity contribution >= 4 is 11.8 Å². The average Bonchev–Trinajstić information content (AvgIpc) is 3.10.